The first kappa shape index (κ1) is 19.4. The first-order valence-electron chi connectivity index (χ1n) is 7.18. The summed E-state index contributed by atoms with van der Waals surface area (Å²) in [5, 5.41) is 2.31. The van der Waals surface area contributed by atoms with Crippen molar-refractivity contribution in [1.29, 1.82) is 0 Å². The molecule has 25 heavy (non-hydrogen) atoms. The van der Waals surface area contributed by atoms with Crippen molar-refractivity contribution in [2.24, 2.45) is 11.5 Å². The van der Waals surface area contributed by atoms with Gasteiger partial charge in [0.25, 0.3) is 0 Å². The number of sulfonamides is 1. The summed E-state index contributed by atoms with van der Waals surface area (Å²) in [4.78, 5) is 14.8. The third kappa shape index (κ3) is 5.82. The number of anilines is 1. The fourth-order valence-corrected chi connectivity index (χ4v) is 4.17. The van der Waals surface area contributed by atoms with Gasteiger partial charge in [0.05, 0.1) is 17.9 Å². The molecule has 0 unspecified atom stereocenters. The summed E-state index contributed by atoms with van der Waals surface area (Å²) >= 11 is 7.15. The summed E-state index contributed by atoms with van der Waals surface area (Å²) < 4.78 is 26.6. The van der Waals surface area contributed by atoms with Crippen molar-refractivity contribution < 1.29 is 13.2 Å². The SMILES string of the molecule is NCc1c(Cl)cccc1C=CCS(=O)(=O)Nc1nc(CC(N)=O)cs1. The van der Waals surface area contributed by atoms with Crippen molar-refractivity contribution in [3.8, 4) is 0 Å². The first-order valence-corrected chi connectivity index (χ1v) is 10.1. The van der Waals surface area contributed by atoms with Gasteiger partial charge in [-0.05, 0) is 17.2 Å². The maximum absolute atomic E-state index is 12.1. The summed E-state index contributed by atoms with van der Waals surface area (Å²) in [5.41, 5.74) is 12.7. The van der Waals surface area contributed by atoms with Crippen molar-refractivity contribution in [2.45, 2.75) is 13.0 Å². The van der Waals surface area contributed by atoms with Crippen molar-refractivity contribution >= 4 is 50.1 Å². The number of carbonyl (C=O) groups excluding carboxylic acids is 1. The Morgan fingerprint density at radius 3 is 2.84 bits per heavy atom. The standard InChI is InChI=1S/C15H17ClN4O3S2/c16-13-5-1-3-10(12(13)8-17)4-2-6-25(22,23)20-15-19-11(9-24-15)7-14(18)21/h1-5,9H,6-8,17H2,(H2,18,21)(H,19,20). The topological polar surface area (TPSA) is 128 Å². The van der Waals surface area contributed by atoms with E-state index in [2.05, 4.69) is 9.71 Å². The molecule has 0 bridgehead atoms. The van der Waals surface area contributed by atoms with Gasteiger partial charge in [-0.15, -0.1) is 11.3 Å². The van der Waals surface area contributed by atoms with E-state index in [0.29, 0.717) is 10.7 Å². The Balaban J connectivity index is 2.03. The molecule has 0 spiro atoms. The quantitative estimate of drug-likeness (QED) is 0.621. The Morgan fingerprint density at radius 2 is 2.16 bits per heavy atom. The zero-order chi connectivity index (χ0) is 18.4. The fraction of sp³-hybridized carbons (Fsp3) is 0.200. The lowest BCUT2D eigenvalue weighted by molar-refractivity contribution is -0.117. The Labute approximate surface area is 154 Å². The van der Waals surface area contributed by atoms with Crippen molar-refractivity contribution in [3.05, 3.63) is 51.5 Å². The number of amides is 1. The van der Waals surface area contributed by atoms with Gasteiger partial charge >= 0.3 is 0 Å². The Kier molecular flexibility index (Phi) is 6.54. The third-order valence-electron chi connectivity index (χ3n) is 3.12. The number of halogens is 1. The lowest BCUT2D eigenvalue weighted by atomic mass is 10.1. The molecule has 0 aliphatic carbocycles. The van der Waals surface area contributed by atoms with E-state index < -0.39 is 15.9 Å². The average Bonchev–Trinajstić information content (AvgIpc) is 2.92. The molecule has 0 atom stereocenters. The van der Waals surface area contributed by atoms with Gasteiger partial charge < -0.3 is 11.5 Å². The van der Waals surface area contributed by atoms with Crippen LogP contribution in [0.25, 0.3) is 6.08 Å². The van der Waals surface area contributed by atoms with Gasteiger partial charge in [0.2, 0.25) is 15.9 Å². The minimum absolute atomic E-state index is 0.0330. The van der Waals surface area contributed by atoms with Crippen LogP contribution in [0.2, 0.25) is 5.02 Å². The normalized spacial score (nSPS) is 11.8. The molecule has 7 nitrogen and oxygen atoms in total. The van der Waals surface area contributed by atoms with Crippen LogP contribution in [0.3, 0.4) is 0 Å². The largest absolute Gasteiger partial charge is 0.369 e. The number of primary amides is 1. The number of aromatic nitrogens is 1. The van der Waals surface area contributed by atoms with Gasteiger partial charge in [-0.25, -0.2) is 13.4 Å². The van der Waals surface area contributed by atoms with Gasteiger partial charge in [-0.2, -0.15) is 0 Å². The van der Waals surface area contributed by atoms with E-state index in [4.69, 9.17) is 23.1 Å². The van der Waals surface area contributed by atoms with E-state index >= 15 is 0 Å². The number of hydrogen-bond donors (Lipinski definition) is 3. The van der Waals surface area contributed by atoms with Gasteiger partial charge in [-0.3, -0.25) is 9.52 Å². The van der Waals surface area contributed by atoms with Gasteiger partial charge in [0.15, 0.2) is 5.13 Å². The van der Waals surface area contributed by atoms with Crippen LogP contribution in [-0.4, -0.2) is 25.1 Å². The van der Waals surface area contributed by atoms with E-state index in [1.165, 1.54) is 6.08 Å². The molecular formula is C15H17ClN4O3S2. The molecule has 0 fully saturated rings. The Bertz CT molecular complexity index is 894. The van der Waals surface area contributed by atoms with Crippen molar-refractivity contribution in [3.63, 3.8) is 0 Å². The van der Waals surface area contributed by atoms with Crippen LogP contribution >= 0.6 is 22.9 Å². The number of carbonyl (C=O) groups is 1. The van der Waals surface area contributed by atoms with E-state index in [9.17, 15) is 13.2 Å². The highest BCUT2D eigenvalue weighted by Crippen LogP contribution is 2.21. The summed E-state index contributed by atoms with van der Waals surface area (Å²) in [6, 6.07) is 5.30. The van der Waals surface area contributed by atoms with Crippen molar-refractivity contribution in [1.82, 2.24) is 4.98 Å². The maximum atomic E-state index is 12.1. The van der Waals surface area contributed by atoms with Gasteiger partial charge in [0.1, 0.15) is 0 Å². The third-order valence-corrected chi connectivity index (χ3v) is 5.55. The van der Waals surface area contributed by atoms with Crippen LogP contribution in [0.4, 0.5) is 5.13 Å². The Hall–Kier alpha value is -1.94. The highest BCUT2D eigenvalue weighted by molar-refractivity contribution is 7.93. The van der Waals surface area contributed by atoms with Gasteiger partial charge in [-0.1, -0.05) is 35.9 Å². The summed E-state index contributed by atoms with van der Waals surface area (Å²) in [5.74, 6) is -0.770. The average molecular weight is 401 g/mol. The molecule has 1 aromatic heterocycles. The van der Waals surface area contributed by atoms with Crippen LogP contribution in [0.5, 0.6) is 0 Å². The summed E-state index contributed by atoms with van der Waals surface area (Å²) in [6.07, 6.45) is 3.13. The molecule has 0 saturated heterocycles. The number of benzene rings is 1. The lowest BCUT2D eigenvalue weighted by Gasteiger charge is -2.06. The molecule has 2 aromatic rings. The number of nitrogens with two attached hydrogens (primary N) is 2. The minimum atomic E-state index is -3.62. The van der Waals surface area contributed by atoms with E-state index in [0.717, 1.165) is 22.5 Å². The van der Waals surface area contributed by atoms with Crippen LogP contribution in [0.1, 0.15) is 16.8 Å². The fourth-order valence-electron chi connectivity index (χ4n) is 2.04. The van der Waals surface area contributed by atoms with Crippen LogP contribution in [-0.2, 0) is 27.8 Å². The second-order valence-corrected chi connectivity index (χ2v) is 8.12. The molecule has 0 aliphatic heterocycles. The number of hydrogen-bond acceptors (Lipinski definition) is 6. The van der Waals surface area contributed by atoms with Crippen LogP contribution in [0, 0.1) is 0 Å². The minimum Gasteiger partial charge on any atom is -0.369 e. The molecule has 2 rings (SSSR count). The smallest absolute Gasteiger partial charge is 0.238 e. The molecule has 10 heteroatoms. The van der Waals surface area contributed by atoms with E-state index in [1.807, 2.05) is 6.07 Å². The van der Waals surface area contributed by atoms with E-state index in [1.54, 1.807) is 23.6 Å². The maximum Gasteiger partial charge on any atom is 0.238 e. The molecule has 0 radical (unpaired) electrons. The van der Waals surface area contributed by atoms with E-state index in [-0.39, 0.29) is 23.8 Å². The first-order chi connectivity index (χ1) is 11.8. The molecular weight excluding hydrogens is 384 g/mol. The highest BCUT2D eigenvalue weighted by Gasteiger charge is 2.12. The van der Waals surface area contributed by atoms with Crippen molar-refractivity contribution in [2.75, 3.05) is 10.5 Å². The zero-order valence-electron chi connectivity index (χ0n) is 13.1. The summed E-state index contributed by atoms with van der Waals surface area (Å²) in [7, 11) is -3.62. The second-order valence-electron chi connectivity index (χ2n) is 5.08. The number of nitrogens with one attached hydrogen (secondary N) is 1. The predicted octanol–water partition coefficient (Wildman–Crippen LogP) is 1.74. The molecule has 1 amide bonds. The number of rotatable bonds is 8. The predicted molar refractivity (Wildman–Crippen MR) is 101 cm³/mol. The molecule has 0 saturated carbocycles. The molecule has 5 N–H and O–H groups in total. The lowest BCUT2D eigenvalue weighted by Crippen LogP contribution is -2.16. The Morgan fingerprint density at radius 1 is 1.40 bits per heavy atom. The van der Waals surface area contributed by atoms with Crippen LogP contribution < -0.4 is 16.2 Å². The molecule has 1 heterocycles. The van der Waals surface area contributed by atoms with Gasteiger partial charge in [0, 0.05) is 16.9 Å². The highest BCUT2D eigenvalue weighted by atomic mass is 35.5. The monoisotopic (exact) mass is 400 g/mol. The summed E-state index contributed by atoms with van der Waals surface area (Å²) in [6.45, 7) is 0.256. The molecule has 1 aromatic carbocycles. The van der Waals surface area contributed by atoms with Crippen LogP contribution in [0.15, 0.2) is 29.7 Å². The molecule has 134 valence electrons. The second kappa shape index (κ2) is 8.43. The number of thiazole rings is 1. The molecule has 0 aliphatic rings. The number of nitrogens with zero attached hydrogens (tertiary/aromatic N) is 1. The zero-order valence-corrected chi connectivity index (χ0v) is 15.5.